The van der Waals surface area contributed by atoms with Crippen molar-refractivity contribution in [3.8, 4) is 0 Å². The Morgan fingerprint density at radius 2 is 2.00 bits per heavy atom. The highest BCUT2D eigenvalue weighted by atomic mass is 35.5. The van der Waals surface area contributed by atoms with E-state index in [0.29, 0.717) is 23.3 Å². The lowest BCUT2D eigenvalue weighted by Crippen LogP contribution is -2.05. The number of nitrogens with zero attached hydrogens (tertiary/aromatic N) is 2. The van der Waals surface area contributed by atoms with Crippen LogP contribution in [0.1, 0.15) is 5.56 Å². The maximum absolute atomic E-state index is 12.7. The van der Waals surface area contributed by atoms with E-state index in [1.807, 2.05) is 0 Å². The molecule has 1 aromatic carbocycles. The predicted molar refractivity (Wildman–Crippen MR) is 70.3 cm³/mol. The van der Waals surface area contributed by atoms with Gasteiger partial charge in [-0.1, -0.05) is 23.7 Å². The van der Waals surface area contributed by atoms with E-state index in [1.54, 1.807) is 19.2 Å². The standard InChI is InChI=1S/C12H12ClFN4/c1-15-12-17-7-10(13)11(18-12)16-6-8-2-4-9(14)5-3-8/h2-5,7H,6H2,1H3,(H2,15,16,17,18). The summed E-state index contributed by atoms with van der Waals surface area (Å²) in [6.07, 6.45) is 1.52. The highest BCUT2D eigenvalue weighted by Crippen LogP contribution is 2.19. The second-order valence-corrected chi connectivity index (χ2v) is 4.03. The molecule has 0 fully saturated rings. The molecular weight excluding hydrogens is 255 g/mol. The van der Waals surface area contributed by atoms with Crippen LogP contribution in [-0.4, -0.2) is 17.0 Å². The highest BCUT2D eigenvalue weighted by Gasteiger charge is 2.04. The number of anilines is 2. The minimum absolute atomic E-state index is 0.253. The molecule has 0 saturated heterocycles. The van der Waals surface area contributed by atoms with Gasteiger partial charge in [0.2, 0.25) is 5.95 Å². The number of nitrogens with one attached hydrogen (secondary N) is 2. The molecule has 6 heteroatoms. The van der Waals surface area contributed by atoms with E-state index in [9.17, 15) is 4.39 Å². The molecule has 0 aliphatic heterocycles. The van der Waals surface area contributed by atoms with Crippen molar-refractivity contribution in [2.75, 3.05) is 17.7 Å². The van der Waals surface area contributed by atoms with E-state index < -0.39 is 0 Å². The van der Waals surface area contributed by atoms with Crippen LogP contribution in [0.2, 0.25) is 5.02 Å². The van der Waals surface area contributed by atoms with Crippen LogP contribution in [0.3, 0.4) is 0 Å². The molecule has 0 radical (unpaired) electrons. The Morgan fingerprint density at radius 3 is 2.67 bits per heavy atom. The summed E-state index contributed by atoms with van der Waals surface area (Å²) in [6, 6.07) is 6.24. The molecule has 0 bridgehead atoms. The van der Waals surface area contributed by atoms with Crippen molar-refractivity contribution >= 4 is 23.4 Å². The smallest absolute Gasteiger partial charge is 0.224 e. The van der Waals surface area contributed by atoms with Crippen molar-refractivity contribution in [1.82, 2.24) is 9.97 Å². The Labute approximate surface area is 109 Å². The van der Waals surface area contributed by atoms with Crippen LogP contribution < -0.4 is 10.6 Å². The third-order valence-electron chi connectivity index (χ3n) is 2.34. The number of hydrogen-bond donors (Lipinski definition) is 2. The summed E-state index contributed by atoms with van der Waals surface area (Å²) in [5.41, 5.74) is 0.942. The van der Waals surface area contributed by atoms with Gasteiger partial charge >= 0.3 is 0 Å². The fourth-order valence-electron chi connectivity index (χ4n) is 1.40. The van der Waals surface area contributed by atoms with Crippen LogP contribution in [0.5, 0.6) is 0 Å². The molecule has 0 spiro atoms. The van der Waals surface area contributed by atoms with E-state index in [1.165, 1.54) is 18.3 Å². The summed E-state index contributed by atoms with van der Waals surface area (Å²) in [4.78, 5) is 8.16. The molecule has 0 aliphatic rings. The van der Waals surface area contributed by atoms with E-state index in [2.05, 4.69) is 20.6 Å². The topological polar surface area (TPSA) is 49.8 Å². The lowest BCUT2D eigenvalue weighted by molar-refractivity contribution is 0.627. The van der Waals surface area contributed by atoms with Gasteiger partial charge in [-0.3, -0.25) is 0 Å². The third kappa shape index (κ3) is 3.07. The van der Waals surface area contributed by atoms with Gasteiger partial charge in [0, 0.05) is 13.6 Å². The van der Waals surface area contributed by atoms with E-state index in [4.69, 9.17) is 11.6 Å². The van der Waals surface area contributed by atoms with Crippen molar-refractivity contribution in [3.05, 3.63) is 46.9 Å². The fourth-order valence-corrected chi connectivity index (χ4v) is 1.56. The molecule has 0 saturated carbocycles. The van der Waals surface area contributed by atoms with Crippen molar-refractivity contribution in [1.29, 1.82) is 0 Å². The van der Waals surface area contributed by atoms with Crippen LogP contribution in [0, 0.1) is 5.82 Å². The Balaban J connectivity index is 2.07. The first-order valence-electron chi connectivity index (χ1n) is 5.37. The zero-order valence-corrected chi connectivity index (χ0v) is 10.5. The lowest BCUT2D eigenvalue weighted by atomic mass is 10.2. The number of benzene rings is 1. The van der Waals surface area contributed by atoms with Crippen molar-refractivity contribution in [2.24, 2.45) is 0 Å². The van der Waals surface area contributed by atoms with Crippen molar-refractivity contribution in [3.63, 3.8) is 0 Å². The van der Waals surface area contributed by atoms with Crippen LogP contribution in [0.15, 0.2) is 30.5 Å². The van der Waals surface area contributed by atoms with E-state index >= 15 is 0 Å². The Kier molecular flexibility index (Phi) is 3.94. The quantitative estimate of drug-likeness (QED) is 0.893. The molecule has 0 amide bonds. The molecule has 2 N–H and O–H groups in total. The van der Waals surface area contributed by atoms with Gasteiger partial charge in [0.25, 0.3) is 0 Å². The van der Waals surface area contributed by atoms with Gasteiger partial charge < -0.3 is 10.6 Å². The van der Waals surface area contributed by atoms with Crippen molar-refractivity contribution in [2.45, 2.75) is 6.54 Å². The minimum atomic E-state index is -0.253. The van der Waals surface area contributed by atoms with Gasteiger partial charge in [0.1, 0.15) is 10.8 Å². The number of aromatic nitrogens is 2. The summed E-state index contributed by atoms with van der Waals surface area (Å²) in [5.74, 6) is 0.776. The normalized spacial score (nSPS) is 10.2. The molecule has 0 unspecified atom stereocenters. The number of hydrogen-bond acceptors (Lipinski definition) is 4. The molecule has 4 nitrogen and oxygen atoms in total. The molecular formula is C12H12ClFN4. The van der Waals surface area contributed by atoms with E-state index in [-0.39, 0.29) is 5.82 Å². The van der Waals surface area contributed by atoms with Gasteiger partial charge in [0.05, 0.1) is 6.20 Å². The molecule has 2 aromatic rings. The average Bonchev–Trinajstić information content (AvgIpc) is 2.40. The monoisotopic (exact) mass is 266 g/mol. The predicted octanol–water partition coefficient (Wildman–Crippen LogP) is 2.92. The van der Waals surface area contributed by atoms with Gasteiger partial charge in [-0.2, -0.15) is 4.98 Å². The van der Waals surface area contributed by atoms with Crippen LogP contribution in [-0.2, 0) is 6.54 Å². The third-order valence-corrected chi connectivity index (χ3v) is 2.62. The molecule has 2 rings (SSSR count). The zero-order valence-electron chi connectivity index (χ0n) is 9.74. The first kappa shape index (κ1) is 12.6. The lowest BCUT2D eigenvalue weighted by Gasteiger charge is -2.08. The Bertz CT molecular complexity index is 530. The highest BCUT2D eigenvalue weighted by molar-refractivity contribution is 6.32. The maximum atomic E-state index is 12.7. The Morgan fingerprint density at radius 1 is 1.28 bits per heavy atom. The van der Waals surface area contributed by atoms with Gasteiger partial charge in [-0.15, -0.1) is 0 Å². The van der Waals surface area contributed by atoms with Crippen molar-refractivity contribution < 1.29 is 4.39 Å². The van der Waals surface area contributed by atoms with Crippen LogP contribution >= 0.6 is 11.6 Å². The number of rotatable bonds is 4. The molecule has 0 aliphatic carbocycles. The van der Waals surface area contributed by atoms with Gasteiger partial charge in [-0.05, 0) is 17.7 Å². The molecule has 18 heavy (non-hydrogen) atoms. The largest absolute Gasteiger partial charge is 0.365 e. The summed E-state index contributed by atoms with van der Waals surface area (Å²) >= 11 is 5.97. The maximum Gasteiger partial charge on any atom is 0.224 e. The van der Waals surface area contributed by atoms with Crippen LogP contribution in [0.25, 0.3) is 0 Å². The average molecular weight is 267 g/mol. The number of halogens is 2. The first-order valence-corrected chi connectivity index (χ1v) is 5.75. The minimum Gasteiger partial charge on any atom is -0.365 e. The first-order chi connectivity index (χ1) is 8.69. The second-order valence-electron chi connectivity index (χ2n) is 3.62. The molecule has 1 heterocycles. The summed E-state index contributed by atoms with van der Waals surface area (Å²) in [5, 5.41) is 6.35. The Hall–Kier alpha value is -1.88. The van der Waals surface area contributed by atoms with Gasteiger partial charge in [0.15, 0.2) is 5.82 Å². The molecule has 94 valence electrons. The molecule has 0 atom stereocenters. The molecule has 1 aromatic heterocycles. The fraction of sp³-hybridized carbons (Fsp3) is 0.167. The summed E-state index contributed by atoms with van der Waals surface area (Å²) < 4.78 is 12.7. The van der Waals surface area contributed by atoms with Gasteiger partial charge in [-0.25, -0.2) is 9.37 Å². The SMILES string of the molecule is CNc1ncc(Cl)c(NCc2ccc(F)cc2)n1. The summed E-state index contributed by atoms with van der Waals surface area (Å²) in [7, 11) is 1.73. The zero-order chi connectivity index (χ0) is 13.0. The van der Waals surface area contributed by atoms with Crippen LogP contribution in [0.4, 0.5) is 16.2 Å². The summed E-state index contributed by atoms with van der Waals surface area (Å²) in [6.45, 7) is 0.514. The van der Waals surface area contributed by atoms with E-state index in [0.717, 1.165) is 5.56 Å². The second kappa shape index (κ2) is 5.64.